The fourth-order valence-corrected chi connectivity index (χ4v) is 2.43. The Labute approximate surface area is 161 Å². The van der Waals surface area contributed by atoms with E-state index in [0.29, 0.717) is 11.1 Å². The summed E-state index contributed by atoms with van der Waals surface area (Å²) in [6.07, 6.45) is -3.85. The lowest BCUT2D eigenvalue weighted by molar-refractivity contribution is -0.143. The van der Waals surface area contributed by atoms with Crippen molar-refractivity contribution in [3.8, 4) is 11.1 Å². The molecule has 156 valence electrons. The van der Waals surface area contributed by atoms with Crippen LogP contribution in [0.25, 0.3) is 11.1 Å². The van der Waals surface area contributed by atoms with Crippen molar-refractivity contribution in [1.82, 2.24) is 10.3 Å². The third kappa shape index (κ3) is 5.05. The van der Waals surface area contributed by atoms with E-state index in [4.69, 9.17) is 0 Å². The number of alkyl halides is 5. The number of nitrogens with two attached hydrogens (primary N) is 1. The lowest BCUT2D eigenvalue weighted by atomic mass is 9.99. The number of aliphatic hydroxyl groups is 1. The lowest BCUT2D eigenvalue weighted by Gasteiger charge is -2.22. The number of rotatable bonds is 8. The van der Waals surface area contributed by atoms with Gasteiger partial charge < -0.3 is 16.2 Å². The minimum atomic E-state index is -3.92. The molecule has 0 spiro atoms. The Morgan fingerprint density at radius 3 is 2.14 bits per heavy atom. The molecule has 2 aromatic rings. The van der Waals surface area contributed by atoms with Gasteiger partial charge >= 0.3 is 12.3 Å². The highest BCUT2D eigenvalue weighted by molar-refractivity contribution is 5.82. The number of halogens is 5. The number of hydrogen-bond acceptors (Lipinski definition) is 4. The highest BCUT2D eigenvalue weighted by Crippen LogP contribution is 2.28. The summed E-state index contributed by atoms with van der Waals surface area (Å²) in [4.78, 5) is 25.3. The van der Waals surface area contributed by atoms with Crippen LogP contribution in [-0.4, -0.2) is 41.0 Å². The van der Waals surface area contributed by atoms with Gasteiger partial charge in [0.25, 0.3) is 11.8 Å². The summed E-state index contributed by atoms with van der Waals surface area (Å²) in [5.74, 6) is -7.46. The van der Waals surface area contributed by atoms with E-state index in [1.807, 2.05) is 0 Å². The Balaban J connectivity index is 2.17. The summed E-state index contributed by atoms with van der Waals surface area (Å²) >= 11 is 0. The number of primary amides is 1. The number of amides is 2. The molecular weight excluding hydrogens is 401 g/mol. The molecule has 1 aromatic heterocycles. The van der Waals surface area contributed by atoms with Crippen LogP contribution in [0.2, 0.25) is 0 Å². The van der Waals surface area contributed by atoms with Crippen molar-refractivity contribution in [2.24, 2.45) is 5.73 Å². The van der Waals surface area contributed by atoms with E-state index in [0.717, 1.165) is 12.3 Å². The van der Waals surface area contributed by atoms with Crippen LogP contribution < -0.4 is 11.1 Å². The summed E-state index contributed by atoms with van der Waals surface area (Å²) in [7, 11) is 0. The van der Waals surface area contributed by atoms with Gasteiger partial charge in [0.05, 0.1) is 6.04 Å². The third-order valence-corrected chi connectivity index (χ3v) is 4.05. The first-order valence-corrected chi connectivity index (χ1v) is 8.15. The predicted molar refractivity (Wildman–Crippen MR) is 91.6 cm³/mol. The Hall–Kier alpha value is -3.08. The number of aromatic nitrogens is 1. The van der Waals surface area contributed by atoms with Crippen LogP contribution in [0.15, 0.2) is 42.6 Å². The highest BCUT2D eigenvalue weighted by atomic mass is 19.3. The van der Waals surface area contributed by atoms with Gasteiger partial charge in [0.2, 0.25) is 0 Å². The molecule has 4 N–H and O–H groups in total. The monoisotopic (exact) mass is 417 g/mol. The average Bonchev–Trinajstić information content (AvgIpc) is 2.71. The zero-order valence-electron chi connectivity index (χ0n) is 14.7. The van der Waals surface area contributed by atoms with E-state index in [1.54, 1.807) is 5.32 Å². The van der Waals surface area contributed by atoms with Crippen LogP contribution in [0, 0.1) is 0 Å². The van der Waals surface area contributed by atoms with Crippen molar-refractivity contribution in [1.29, 1.82) is 0 Å². The molecule has 1 aromatic carbocycles. The van der Waals surface area contributed by atoms with E-state index in [2.05, 4.69) is 10.7 Å². The Morgan fingerprint density at radius 1 is 1.10 bits per heavy atom. The molecule has 0 saturated heterocycles. The number of pyridine rings is 1. The van der Waals surface area contributed by atoms with Gasteiger partial charge in [-0.05, 0) is 17.2 Å². The van der Waals surface area contributed by atoms with E-state index in [1.165, 1.54) is 30.3 Å². The van der Waals surface area contributed by atoms with Gasteiger partial charge in [0.1, 0.15) is 18.5 Å². The number of aliphatic hydroxyl groups excluding tert-OH is 1. The van der Waals surface area contributed by atoms with Crippen molar-refractivity contribution in [3.05, 3.63) is 53.9 Å². The van der Waals surface area contributed by atoms with Gasteiger partial charge in [0, 0.05) is 11.8 Å². The highest BCUT2D eigenvalue weighted by Gasteiger charge is 2.40. The van der Waals surface area contributed by atoms with Gasteiger partial charge in [-0.3, -0.25) is 14.6 Å². The number of carbonyl (C=O) groups excluding carboxylic acids is 2. The van der Waals surface area contributed by atoms with Crippen molar-refractivity contribution >= 4 is 11.8 Å². The first kappa shape index (κ1) is 22.2. The lowest BCUT2D eigenvalue weighted by Crippen LogP contribution is -2.43. The minimum absolute atomic E-state index is 0.135. The number of carbonyl (C=O) groups is 2. The number of nitrogens with zero attached hydrogens (tertiary/aromatic N) is 1. The maximum Gasteiger partial charge on any atom is 0.365 e. The maximum atomic E-state index is 13.5. The molecule has 0 radical (unpaired) electrons. The number of hydrogen-bond donors (Lipinski definition) is 3. The fourth-order valence-electron chi connectivity index (χ4n) is 2.43. The zero-order chi connectivity index (χ0) is 21.8. The third-order valence-electron chi connectivity index (χ3n) is 4.05. The number of nitrogens with one attached hydrogen (secondary N) is 1. The predicted octanol–water partition coefficient (Wildman–Crippen LogP) is 2.08. The summed E-state index contributed by atoms with van der Waals surface area (Å²) < 4.78 is 64.7. The first-order chi connectivity index (χ1) is 13.6. The molecule has 11 heteroatoms. The first-order valence-electron chi connectivity index (χ1n) is 8.15. The van der Waals surface area contributed by atoms with Gasteiger partial charge in [-0.1, -0.05) is 30.3 Å². The second kappa shape index (κ2) is 8.95. The quantitative estimate of drug-likeness (QED) is 0.572. The average molecular weight is 417 g/mol. The maximum absolute atomic E-state index is 13.5. The molecule has 0 aliphatic carbocycles. The molecular formula is C18H16F5N3O3. The molecule has 2 unspecified atom stereocenters. The van der Waals surface area contributed by atoms with E-state index in [-0.39, 0.29) is 5.56 Å². The van der Waals surface area contributed by atoms with Crippen molar-refractivity contribution in [2.75, 3.05) is 6.67 Å². The van der Waals surface area contributed by atoms with Crippen LogP contribution in [-0.2, 0) is 15.5 Å². The van der Waals surface area contributed by atoms with Gasteiger partial charge in [-0.25, -0.2) is 4.39 Å². The van der Waals surface area contributed by atoms with Crippen LogP contribution in [0.5, 0.6) is 0 Å². The standard InChI is InChI=1S/C18H16F5N3O3/c19-7-12(26-16(28)15(20)21)14(27)10-3-1-9(2-4-10)11-5-6-13(25-8-11)18(22,23)17(24)29/h1-6,8,12,14-15,27H,7H2,(H2,24,29)(H,26,28). The van der Waals surface area contributed by atoms with Crippen LogP contribution >= 0.6 is 0 Å². The van der Waals surface area contributed by atoms with Gasteiger partial charge in [-0.2, -0.15) is 17.6 Å². The molecule has 0 bridgehead atoms. The van der Waals surface area contributed by atoms with Crippen LogP contribution in [0.1, 0.15) is 17.4 Å². The largest absolute Gasteiger partial charge is 0.386 e. The Morgan fingerprint density at radius 2 is 1.69 bits per heavy atom. The molecule has 2 atom stereocenters. The summed E-state index contributed by atoms with van der Waals surface area (Å²) in [6, 6.07) is 6.24. The second-order valence-electron chi connectivity index (χ2n) is 6.01. The molecule has 2 rings (SSSR count). The smallest absolute Gasteiger partial charge is 0.365 e. The molecule has 0 aliphatic rings. The Kier molecular flexibility index (Phi) is 6.85. The van der Waals surface area contributed by atoms with Crippen molar-refractivity contribution < 1.29 is 36.6 Å². The summed E-state index contributed by atoms with van der Waals surface area (Å²) in [6.45, 7) is -1.28. The topological polar surface area (TPSA) is 105 Å². The normalized spacial score (nSPS) is 13.8. The van der Waals surface area contributed by atoms with Gasteiger partial charge in [-0.15, -0.1) is 0 Å². The molecule has 0 saturated carbocycles. The molecule has 0 aliphatic heterocycles. The molecule has 0 fully saturated rings. The van der Waals surface area contributed by atoms with Crippen molar-refractivity contribution in [3.63, 3.8) is 0 Å². The molecule has 6 nitrogen and oxygen atoms in total. The SMILES string of the molecule is NC(=O)C(F)(F)c1ccc(-c2ccc(C(O)C(CF)NC(=O)C(F)F)cc2)cn1. The van der Waals surface area contributed by atoms with Gasteiger partial charge in [0.15, 0.2) is 0 Å². The van der Waals surface area contributed by atoms with E-state index in [9.17, 15) is 36.6 Å². The molecule has 29 heavy (non-hydrogen) atoms. The summed E-state index contributed by atoms with van der Waals surface area (Å²) in [5, 5.41) is 11.8. The fraction of sp³-hybridized carbons (Fsp3) is 0.278. The summed E-state index contributed by atoms with van der Waals surface area (Å²) in [5.41, 5.74) is 4.82. The zero-order valence-corrected chi connectivity index (χ0v) is 14.7. The van der Waals surface area contributed by atoms with Crippen molar-refractivity contribution in [2.45, 2.75) is 24.5 Å². The molecule has 1 heterocycles. The number of benzene rings is 1. The van der Waals surface area contributed by atoms with E-state index >= 15 is 0 Å². The van der Waals surface area contributed by atoms with Crippen LogP contribution in [0.3, 0.4) is 0 Å². The van der Waals surface area contributed by atoms with E-state index < -0.39 is 48.7 Å². The minimum Gasteiger partial charge on any atom is -0.386 e. The Bertz CT molecular complexity index is 860. The molecule has 2 amide bonds. The second-order valence-corrected chi connectivity index (χ2v) is 6.01. The van der Waals surface area contributed by atoms with Crippen LogP contribution in [0.4, 0.5) is 22.0 Å².